The van der Waals surface area contributed by atoms with Gasteiger partial charge in [-0.15, -0.1) is 0 Å². The predicted molar refractivity (Wildman–Crippen MR) is 109 cm³/mol. The van der Waals surface area contributed by atoms with Crippen LogP contribution in [-0.4, -0.2) is 30.8 Å². The lowest BCUT2D eigenvalue weighted by Crippen LogP contribution is -2.28. The molecule has 0 saturated heterocycles. The number of aromatic nitrogens is 1. The molecule has 0 atom stereocenters. The van der Waals surface area contributed by atoms with E-state index in [2.05, 4.69) is 15.5 Å². The minimum Gasteiger partial charge on any atom is -0.473 e. The fraction of sp³-hybridized carbons (Fsp3) is 0.136. The van der Waals surface area contributed by atoms with Crippen LogP contribution in [0.25, 0.3) is 0 Å². The first kappa shape index (κ1) is 19.9. The van der Waals surface area contributed by atoms with Gasteiger partial charge in [0.1, 0.15) is 25.2 Å². The average molecular weight is 391 g/mol. The third-order valence-electron chi connectivity index (χ3n) is 3.92. The van der Waals surface area contributed by atoms with Crippen LogP contribution in [0.4, 0.5) is 0 Å². The fourth-order valence-electron chi connectivity index (χ4n) is 2.59. The Morgan fingerprint density at radius 2 is 1.90 bits per heavy atom. The quantitative estimate of drug-likeness (QED) is 0.469. The summed E-state index contributed by atoms with van der Waals surface area (Å²) in [6.45, 7) is 0.352. The smallest absolute Gasteiger partial charge is 0.273 e. The lowest BCUT2D eigenvalue weighted by Gasteiger charge is -2.13. The van der Waals surface area contributed by atoms with Gasteiger partial charge in [-0.25, -0.2) is 4.98 Å². The normalized spacial score (nSPS) is 10.9. The molecule has 7 nitrogen and oxygen atoms in total. The Labute approximate surface area is 168 Å². The van der Waals surface area contributed by atoms with Gasteiger partial charge in [-0.1, -0.05) is 35.5 Å². The van der Waals surface area contributed by atoms with Crippen molar-refractivity contribution in [1.29, 1.82) is 0 Å². The van der Waals surface area contributed by atoms with E-state index in [0.29, 0.717) is 29.5 Å². The van der Waals surface area contributed by atoms with Crippen molar-refractivity contribution in [3.8, 4) is 17.4 Å². The Morgan fingerprint density at radius 3 is 2.66 bits per heavy atom. The Kier molecular flexibility index (Phi) is 6.78. The van der Waals surface area contributed by atoms with Gasteiger partial charge in [-0.3, -0.25) is 4.79 Å². The van der Waals surface area contributed by atoms with Gasteiger partial charge in [0.15, 0.2) is 5.71 Å². The molecule has 0 saturated carbocycles. The Hall–Kier alpha value is -3.87. The molecule has 0 aliphatic heterocycles. The number of hydrogen-bond donors (Lipinski definition) is 1. The number of ether oxygens (including phenoxy) is 2. The maximum Gasteiger partial charge on any atom is 0.273 e. The molecule has 1 aromatic heterocycles. The SMILES string of the molecule is CNC(=O)/C(=N\OC)c1ccccc1Oc1cccc(COc2ccccn2)c1. The van der Waals surface area contributed by atoms with Crippen molar-refractivity contribution in [2.45, 2.75) is 6.61 Å². The molecule has 3 rings (SSSR count). The number of likely N-dealkylation sites (N-methyl/N-ethyl adjacent to an activating group) is 1. The Balaban J connectivity index is 1.80. The molecule has 1 amide bonds. The number of rotatable bonds is 8. The molecule has 1 heterocycles. The van der Waals surface area contributed by atoms with E-state index in [1.54, 1.807) is 30.5 Å². The summed E-state index contributed by atoms with van der Waals surface area (Å²) in [5.41, 5.74) is 1.56. The molecule has 0 aliphatic carbocycles. The van der Waals surface area contributed by atoms with Crippen LogP contribution in [0.3, 0.4) is 0 Å². The molecule has 29 heavy (non-hydrogen) atoms. The number of para-hydroxylation sites is 1. The van der Waals surface area contributed by atoms with Crippen molar-refractivity contribution in [1.82, 2.24) is 10.3 Å². The first-order valence-electron chi connectivity index (χ1n) is 8.94. The summed E-state index contributed by atoms with van der Waals surface area (Å²) < 4.78 is 11.7. The number of nitrogens with zero attached hydrogens (tertiary/aromatic N) is 2. The molecule has 0 radical (unpaired) electrons. The van der Waals surface area contributed by atoms with E-state index in [1.807, 2.05) is 42.5 Å². The minimum absolute atomic E-state index is 0.125. The van der Waals surface area contributed by atoms with Crippen molar-refractivity contribution >= 4 is 11.6 Å². The van der Waals surface area contributed by atoms with Crippen LogP contribution in [0.2, 0.25) is 0 Å². The Morgan fingerprint density at radius 1 is 1.07 bits per heavy atom. The summed E-state index contributed by atoms with van der Waals surface area (Å²) in [4.78, 5) is 21.2. The molecule has 7 heteroatoms. The minimum atomic E-state index is -0.375. The van der Waals surface area contributed by atoms with Crippen LogP contribution >= 0.6 is 0 Å². The highest BCUT2D eigenvalue weighted by molar-refractivity contribution is 6.45. The molecule has 0 bridgehead atoms. The molecule has 2 aromatic carbocycles. The third-order valence-corrected chi connectivity index (χ3v) is 3.92. The summed E-state index contributed by atoms with van der Waals surface area (Å²) in [6.07, 6.45) is 1.68. The number of benzene rings is 2. The van der Waals surface area contributed by atoms with E-state index >= 15 is 0 Å². The summed E-state index contributed by atoms with van der Waals surface area (Å²) in [7, 11) is 2.92. The van der Waals surface area contributed by atoms with Crippen LogP contribution < -0.4 is 14.8 Å². The zero-order valence-electron chi connectivity index (χ0n) is 16.2. The highest BCUT2D eigenvalue weighted by atomic mass is 16.6. The van der Waals surface area contributed by atoms with Crippen molar-refractivity contribution in [3.63, 3.8) is 0 Å². The zero-order valence-corrected chi connectivity index (χ0v) is 16.2. The van der Waals surface area contributed by atoms with E-state index in [-0.39, 0.29) is 11.6 Å². The summed E-state index contributed by atoms with van der Waals surface area (Å²) in [6, 6.07) is 20.1. The Bertz CT molecular complexity index is 990. The van der Waals surface area contributed by atoms with Gasteiger partial charge in [0.25, 0.3) is 5.91 Å². The van der Waals surface area contributed by atoms with E-state index in [4.69, 9.17) is 14.3 Å². The molecular weight excluding hydrogens is 370 g/mol. The third kappa shape index (κ3) is 5.32. The van der Waals surface area contributed by atoms with E-state index in [0.717, 1.165) is 5.56 Å². The van der Waals surface area contributed by atoms with E-state index < -0.39 is 0 Å². The second-order valence-electron chi connectivity index (χ2n) is 5.90. The highest BCUT2D eigenvalue weighted by Gasteiger charge is 2.18. The molecule has 148 valence electrons. The molecule has 1 N–H and O–H groups in total. The predicted octanol–water partition coefficient (Wildman–Crippen LogP) is 3.55. The van der Waals surface area contributed by atoms with Crippen LogP contribution in [0, 0.1) is 0 Å². The maximum absolute atomic E-state index is 12.2. The van der Waals surface area contributed by atoms with Gasteiger partial charge in [0, 0.05) is 19.3 Å². The summed E-state index contributed by atoms with van der Waals surface area (Å²) in [5.74, 6) is 1.26. The number of pyridine rings is 1. The largest absolute Gasteiger partial charge is 0.473 e. The van der Waals surface area contributed by atoms with Crippen LogP contribution in [0.15, 0.2) is 78.1 Å². The molecule has 3 aromatic rings. The average Bonchev–Trinajstić information content (AvgIpc) is 2.77. The number of amides is 1. The lowest BCUT2D eigenvalue weighted by atomic mass is 10.1. The molecule has 0 aliphatic rings. The van der Waals surface area contributed by atoms with E-state index in [9.17, 15) is 4.79 Å². The highest BCUT2D eigenvalue weighted by Crippen LogP contribution is 2.27. The van der Waals surface area contributed by atoms with Crippen LogP contribution in [0.5, 0.6) is 17.4 Å². The van der Waals surface area contributed by atoms with Gasteiger partial charge in [-0.2, -0.15) is 0 Å². The van der Waals surface area contributed by atoms with Crippen LogP contribution in [-0.2, 0) is 16.2 Å². The first-order valence-corrected chi connectivity index (χ1v) is 8.94. The molecule has 0 fully saturated rings. The molecular formula is C22H21N3O4. The number of nitrogens with one attached hydrogen (secondary N) is 1. The summed E-state index contributed by atoms with van der Waals surface area (Å²) in [5, 5.41) is 6.40. The lowest BCUT2D eigenvalue weighted by molar-refractivity contribution is -0.114. The standard InChI is InChI=1S/C22H21N3O4/c1-23-22(26)21(25-27-2)18-10-3-4-11-19(18)29-17-9-7-8-16(14-17)15-28-20-12-5-6-13-24-20/h3-14H,15H2,1-2H3,(H,23,26)/b25-21-. The maximum atomic E-state index is 12.2. The molecule has 0 spiro atoms. The van der Waals surface area contributed by atoms with Crippen molar-refractivity contribution in [3.05, 3.63) is 84.1 Å². The van der Waals surface area contributed by atoms with E-state index in [1.165, 1.54) is 14.2 Å². The van der Waals surface area contributed by atoms with Gasteiger partial charge < -0.3 is 19.6 Å². The second-order valence-corrected chi connectivity index (χ2v) is 5.90. The number of carbonyl (C=O) groups excluding carboxylic acids is 1. The van der Waals surface area contributed by atoms with Crippen molar-refractivity contribution in [2.75, 3.05) is 14.2 Å². The van der Waals surface area contributed by atoms with Crippen LogP contribution in [0.1, 0.15) is 11.1 Å². The summed E-state index contributed by atoms with van der Waals surface area (Å²) >= 11 is 0. The van der Waals surface area contributed by atoms with Gasteiger partial charge in [0.2, 0.25) is 5.88 Å². The van der Waals surface area contributed by atoms with Gasteiger partial charge in [0.05, 0.1) is 5.56 Å². The monoisotopic (exact) mass is 391 g/mol. The topological polar surface area (TPSA) is 82.0 Å². The number of carbonyl (C=O) groups is 1. The first-order chi connectivity index (χ1) is 14.2. The second kappa shape index (κ2) is 9.89. The number of hydrogen-bond acceptors (Lipinski definition) is 6. The van der Waals surface area contributed by atoms with Crippen molar-refractivity contribution < 1.29 is 19.1 Å². The van der Waals surface area contributed by atoms with Crippen molar-refractivity contribution in [2.24, 2.45) is 5.16 Å². The fourth-order valence-corrected chi connectivity index (χ4v) is 2.59. The van der Waals surface area contributed by atoms with Gasteiger partial charge in [-0.05, 0) is 35.9 Å². The number of oxime groups is 1. The zero-order chi connectivity index (χ0) is 20.5. The van der Waals surface area contributed by atoms with Gasteiger partial charge >= 0.3 is 0 Å². The molecule has 0 unspecified atom stereocenters.